The van der Waals surface area contributed by atoms with Gasteiger partial charge in [0.15, 0.2) is 0 Å². The van der Waals surface area contributed by atoms with E-state index in [9.17, 15) is 0 Å². The molecule has 0 saturated carbocycles. The van der Waals surface area contributed by atoms with Crippen LogP contribution in [-0.2, 0) is 0 Å². The van der Waals surface area contributed by atoms with E-state index in [1.54, 1.807) is 11.3 Å². The summed E-state index contributed by atoms with van der Waals surface area (Å²) in [6.45, 7) is 4.47. The summed E-state index contributed by atoms with van der Waals surface area (Å²) in [6.07, 6.45) is 0. The lowest BCUT2D eigenvalue weighted by Crippen LogP contribution is -1.77. The Morgan fingerprint density at radius 3 is 2.14 bits per heavy atom. The molecule has 0 bridgehead atoms. The van der Waals surface area contributed by atoms with Crippen LogP contribution in [0.5, 0.6) is 0 Å². The van der Waals surface area contributed by atoms with Crippen molar-refractivity contribution in [3.63, 3.8) is 0 Å². The van der Waals surface area contributed by atoms with Crippen molar-refractivity contribution in [1.82, 2.24) is 0 Å². The Hall–Kier alpha value is -0.120. The third-order valence-electron chi connectivity index (χ3n) is 2.01. The third-order valence-corrected chi connectivity index (χ3v) is 5.22. The molecule has 0 radical (unpaired) electrons. The summed E-state index contributed by atoms with van der Waals surface area (Å²) < 4.78 is 1.20. The van der Waals surface area contributed by atoms with Gasteiger partial charge in [0.05, 0.1) is 3.79 Å². The maximum Gasteiger partial charge on any atom is 0.0705 e. The van der Waals surface area contributed by atoms with Crippen molar-refractivity contribution in [2.24, 2.45) is 0 Å². The number of thiophene rings is 2. The maximum atomic E-state index is 3.49. The minimum Gasteiger partial charge on any atom is -0.139 e. The van der Waals surface area contributed by atoms with Gasteiger partial charge in [0, 0.05) is 14.6 Å². The largest absolute Gasteiger partial charge is 0.139 e. The van der Waals surface area contributed by atoms with Gasteiger partial charge in [0.2, 0.25) is 0 Å². The van der Waals surface area contributed by atoms with Crippen LogP contribution in [-0.4, -0.2) is 0 Å². The molecule has 0 N–H and O–H groups in total. The van der Waals surface area contributed by atoms with Crippen LogP contribution < -0.4 is 0 Å². The molecule has 2 aromatic heterocycles. The smallest absolute Gasteiger partial charge is 0.0705 e. The van der Waals surface area contributed by atoms with Gasteiger partial charge < -0.3 is 0 Å². The number of halogens is 1. The molecular formula is C11H11BrS2. The van der Waals surface area contributed by atoms with E-state index in [2.05, 4.69) is 54.0 Å². The van der Waals surface area contributed by atoms with Crippen LogP contribution in [0.1, 0.15) is 24.6 Å². The van der Waals surface area contributed by atoms with Crippen LogP contribution in [0, 0.1) is 0 Å². The predicted molar refractivity (Wildman–Crippen MR) is 69.4 cm³/mol. The number of hydrogen-bond donors (Lipinski definition) is 0. The second-order valence-electron chi connectivity index (χ2n) is 3.46. The van der Waals surface area contributed by atoms with Crippen molar-refractivity contribution in [1.29, 1.82) is 0 Å². The summed E-state index contributed by atoms with van der Waals surface area (Å²) in [5, 5.41) is 0. The van der Waals surface area contributed by atoms with Crippen molar-refractivity contribution in [3.8, 4) is 9.75 Å². The fraction of sp³-hybridized carbons (Fsp3) is 0.273. The second kappa shape index (κ2) is 4.17. The highest BCUT2D eigenvalue weighted by Crippen LogP contribution is 2.37. The molecule has 0 amide bonds. The maximum absolute atomic E-state index is 3.49. The van der Waals surface area contributed by atoms with Crippen LogP contribution in [0.15, 0.2) is 28.1 Å². The highest BCUT2D eigenvalue weighted by Gasteiger charge is 2.07. The van der Waals surface area contributed by atoms with Crippen LogP contribution >= 0.6 is 38.6 Å². The lowest BCUT2D eigenvalue weighted by Gasteiger charge is -1.97. The Morgan fingerprint density at radius 2 is 1.64 bits per heavy atom. The van der Waals surface area contributed by atoms with E-state index < -0.39 is 0 Å². The van der Waals surface area contributed by atoms with Crippen LogP contribution in [0.3, 0.4) is 0 Å². The molecule has 74 valence electrons. The van der Waals surface area contributed by atoms with Crippen LogP contribution in [0.25, 0.3) is 9.75 Å². The van der Waals surface area contributed by atoms with Gasteiger partial charge in [-0.25, -0.2) is 0 Å². The Kier molecular flexibility index (Phi) is 3.10. The Labute approximate surface area is 101 Å². The molecule has 2 aromatic rings. The molecule has 0 aliphatic heterocycles. The van der Waals surface area contributed by atoms with E-state index in [4.69, 9.17) is 0 Å². The van der Waals surface area contributed by atoms with Gasteiger partial charge in [-0.1, -0.05) is 13.8 Å². The zero-order valence-electron chi connectivity index (χ0n) is 8.08. The van der Waals surface area contributed by atoms with Crippen molar-refractivity contribution in [2.45, 2.75) is 19.8 Å². The van der Waals surface area contributed by atoms with Gasteiger partial charge in [-0.05, 0) is 46.1 Å². The summed E-state index contributed by atoms with van der Waals surface area (Å²) in [4.78, 5) is 4.20. The molecule has 2 rings (SSSR count). The highest BCUT2D eigenvalue weighted by molar-refractivity contribution is 9.11. The van der Waals surface area contributed by atoms with Crippen LogP contribution in [0.4, 0.5) is 0 Å². The lowest BCUT2D eigenvalue weighted by molar-refractivity contribution is 0.890. The first kappa shape index (κ1) is 10.4. The first-order chi connectivity index (χ1) is 6.66. The first-order valence-corrected chi connectivity index (χ1v) is 6.95. The zero-order valence-corrected chi connectivity index (χ0v) is 11.3. The van der Waals surface area contributed by atoms with Crippen LogP contribution in [0.2, 0.25) is 0 Å². The fourth-order valence-electron chi connectivity index (χ4n) is 1.24. The molecule has 0 unspecified atom stereocenters. The molecule has 2 heterocycles. The molecule has 0 spiro atoms. The first-order valence-electron chi connectivity index (χ1n) is 4.52. The van der Waals surface area contributed by atoms with E-state index in [1.807, 2.05) is 11.3 Å². The SMILES string of the molecule is CC(C)c1ccc(-c2ccc(Br)s2)s1. The van der Waals surface area contributed by atoms with Crippen molar-refractivity contribution < 1.29 is 0 Å². The van der Waals surface area contributed by atoms with Gasteiger partial charge in [-0.15, -0.1) is 22.7 Å². The Morgan fingerprint density at radius 1 is 1.00 bits per heavy atom. The summed E-state index contributed by atoms with van der Waals surface area (Å²) in [5.41, 5.74) is 0. The van der Waals surface area contributed by atoms with E-state index in [-0.39, 0.29) is 0 Å². The molecule has 0 fully saturated rings. The van der Waals surface area contributed by atoms with Crippen molar-refractivity contribution >= 4 is 38.6 Å². The fourth-order valence-corrected chi connectivity index (χ4v) is 3.73. The van der Waals surface area contributed by atoms with Gasteiger partial charge in [-0.3, -0.25) is 0 Å². The van der Waals surface area contributed by atoms with E-state index in [1.165, 1.54) is 18.4 Å². The Balaban J connectivity index is 2.33. The van der Waals surface area contributed by atoms with Crippen molar-refractivity contribution in [3.05, 3.63) is 32.9 Å². The molecule has 0 aliphatic rings. The molecule has 3 heteroatoms. The molecule has 0 atom stereocenters. The summed E-state index contributed by atoms with van der Waals surface area (Å²) in [7, 11) is 0. The van der Waals surface area contributed by atoms with E-state index >= 15 is 0 Å². The van der Waals surface area contributed by atoms with Gasteiger partial charge in [0.1, 0.15) is 0 Å². The zero-order chi connectivity index (χ0) is 10.1. The van der Waals surface area contributed by atoms with E-state index in [0.717, 1.165) is 0 Å². The predicted octanol–water partition coefficient (Wildman–Crippen LogP) is 5.36. The monoisotopic (exact) mass is 286 g/mol. The van der Waals surface area contributed by atoms with Crippen molar-refractivity contribution in [2.75, 3.05) is 0 Å². The summed E-state index contributed by atoms with van der Waals surface area (Å²) >= 11 is 7.18. The topological polar surface area (TPSA) is 0 Å². The Bertz CT molecular complexity index is 426. The highest BCUT2D eigenvalue weighted by atomic mass is 79.9. The average molecular weight is 287 g/mol. The molecule has 14 heavy (non-hydrogen) atoms. The number of rotatable bonds is 2. The summed E-state index contributed by atoms with van der Waals surface area (Å²) in [5.74, 6) is 0.636. The lowest BCUT2D eigenvalue weighted by atomic mass is 10.2. The molecule has 0 nitrogen and oxygen atoms in total. The molecular weight excluding hydrogens is 276 g/mol. The quantitative estimate of drug-likeness (QED) is 0.697. The third kappa shape index (κ3) is 2.10. The van der Waals surface area contributed by atoms with E-state index in [0.29, 0.717) is 5.92 Å². The number of hydrogen-bond acceptors (Lipinski definition) is 2. The minimum absolute atomic E-state index is 0.636. The second-order valence-corrected chi connectivity index (χ2v) is 7.04. The molecule has 0 saturated heterocycles. The molecule has 0 aliphatic carbocycles. The summed E-state index contributed by atoms with van der Waals surface area (Å²) in [6, 6.07) is 8.73. The normalized spacial score (nSPS) is 11.1. The van der Waals surface area contributed by atoms with Gasteiger partial charge >= 0.3 is 0 Å². The molecule has 0 aromatic carbocycles. The average Bonchev–Trinajstić information content (AvgIpc) is 2.70. The van der Waals surface area contributed by atoms with Gasteiger partial charge in [-0.2, -0.15) is 0 Å². The standard InChI is InChI=1S/C11H11BrS2/c1-7(2)8-3-4-9(13-8)10-5-6-11(12)14-10/h3-7H,1-2H3. The van der Waals surface area contributed by atoms with Gasteiger partial charge in [0.25, 0.3) is 0 Å². The minimum atomic E-state index is 0.636.